The highest BCUT2D eigenvalue weighted by molar-refractivity contribution is 6.30. The van der Waals surface area contributed by atoms with Crippen LogP contribution in [0.1, 0.15) is 21.5 Å². The summed E-state index contributed by atoms with van der Waals surface area (Å²) < 4.78 is 0. The van der Waals surface area contributed by atoms with Crippen molar-refractivity contribution in [3.05, 3.63) is 70.2 Å². The van der Waals surface area contributed by atoms with E-state index in [0.717, 1.165) is 0 Å². The molecule has 1 unspecified atom stereocenters. The van der Waals surface area contributed by atoms with Gasteiger partial charge < -0.3 is 14.9 Å². The molecule has 6 heteroatoms. The number of likely N-dealkylation sites (N-methyl/N-ethyl adjacent to an activating group) is 1. The van der Waals surface area contributed by atoms with Crippen molar-refractivity contribution in [1.29, 1.82) is 0 Å². The van der Waals surface area contributed by atoms with Gasteiger partial charge in [-0.1, -0.05) is 41.9 Å². The summed E-state index contributed by atoms with van der Waals surface area (Å²) >= 11 is 5.96. The molecule has 0 bridgehead atoms. The van der Waals surface area contributed by atoms with Crippen molar-refractivity contribution in [3.63, 3.8) is 0 Å². The summed E-state index contributed by atoms with van der Waals surface area (Å²) in [6.45, 7) is 1.09. The number of halogens is 2. The maximum Gasteiger partial charge on any atom is 0.257 e. The van der Waals surface area contributed by atoms with Gasteiger partial charge in [-0.05, 0) is 32.3 Å². The predicted molar refractivity (Wildman–Crippen MR) is 97.7 cm³/mol. The summed E-state index contributed by atoms with van der Waals surface area (Å²) in [5, 5.41) is 12.1. The Labute approximate surface area is 153 Å². The van der Waals surface area contributed by atoms with E-state index in [4.69, 9.17) is 11.6 Å². The zero-order chi connectivity index (χ0) is 16.6. The number of aliphatic hydroxyl groups is 1. The van der Waals surface area contributed by atoms with Crippen LogP contribution in [-0.4, -0.2) is 48.0 Å². The van der Waals surface area contributed by atoms with E-state index in [9.17, 15) is 9.90 Å². The van der Waals surface area contributed by atoms with E-state index in [1.165, 1.54) is 4.90 Å². The molecule has 0 aromatic heterocycles. The normalized spacial score (nSPS) is 19.4. The Morgan fingerprint density at radius 1 is 1.12 bits per heavy atom. The molecule has 3 rings (SSSR count). The molecule has 1 N–H and O–H groups in total. The number of nitrogens with zero attached hydrogens (tertiary/aromatic N) is 2. The van der Waals surface area contributed by atoms with Gasteiger partial charge in [0.25, 0.3) is 5.91 Å². The highest BCUT2D eigenvalue weighted by Gasteiger charge is 2.49. The van der Waals surface area contributed by atoms with Crippen LogP contribution in [0.25, 0.3) is 0 Å². The summed E-state index contributed by atoms with van der Waals surface area (Å²) in [6.07, 6.45) is 0. The van der Waals surface area contributed by atoms with E-state index >= 15 is 0 Å². The standard InChI is InChI=1S/C18H19ClN2O2.ClH/c1-20(2)11-12-21-17(22)15-5-3-4-6-16(15)18(21,23)13-7-9-14(19)10-8-13;/h3-10,23H,11-12H2,1-2H3;1H. The average molecular weight is 367 g/mol. The highest BCUT2D eigenvalue weighted by Crippen LogP contribution is 2.42. The minimum atomic E-state index is -1.46. The molecule has 2 aromatic carbocycles. The molecule has 1 aliphatic heterocycles. The third-order valence-electron chi connectivity index (χ3n) is 4.19. The fourth-order valence-electron chi connectivity index (χ4n) is 2.97. The molecule has 0 saturated carbocycles. The summed E-state index contributed by atoms with van der Waals surface area (Å²) in [7, 11) is 3.88. The van der Waals surface area contributed by atoms with Crippen LogP contribution in [0.4, 0.5) is 0 Å². The molecule has 4 nitrogen and oxygen atoms in total. The number of carbonyl (C=O) groups is 1. The van der Waals surface area contributed by atoms with E-state index in [0.29, 0.717) is 34.8 Å². The summed E-state index contributed by atoms with van der Waals surface area (Å²) in [5.41, 5.74) is 0.336. The number of hydrogen-bond donors (Lipinski definition) is 1. The van der Waals surface area contributed by atoms with Crippen LogP contribution < -0.4 is 0 Å². The van der Waals surface area contributed by atoms with E-state index in [-0.39, 0.29) is 18.3 Å². The van der Waals surface area contributed by atoms with Gasteiger partial charge in [-0.25, -0.2) is 0 Å². The molecule has 1 atom stereocenters. The molecule has 24 heavy (non-hydrogen) atoms. The van der Waals surface area contributed by atoms with Crippen LogP contribution in [0.5, 0.6) is 0 Å². The lowest BCUT2D eigenvalue weighted by molar-refractivity contribution is -0.0515. The number of benzene rings is 2. The van der Waals surface area contributed by atoms with Crippen molar-refractivity contribution in [2.45, 2.75) is 5.72 Å². The first-order valence-electron chi connectivity index (χ1n) is 7.49. The fourth-order valence-corrected chi connectivity index (χ4v) is 3.09. The summed E-state index contributed by atoms with van der Waals surface area (Å²) in [6, 6.07) is 14.2. The Morgan fingerprint density at radius 3 is 2.38 bits per heavy atom. The number of rotatable bonds is 4. The van der Waals surface area contributed by atoms with Gasteiger partial charge in [-0.3, -0.25) is 4.79 Å². The van der Waals surface area contributed by atoms with Crippen LogP contribution in [0.15, 0.2) is 48.5 Å². The van der Waals surface area contributed by atoms with Crippen molar-refractivity contribution >= 4 is 29.9 Å². The summed E-state index contributed by atoms with van der Waals surface area (Å²) in [5.74, 6) is -0.153. The van der Waals surface area contributed by atoms with E-state index < -0.39 is 5.72 Å². The maximum atomic E-state index is 12.8. The first-order valence-corrected chi connectivity index (χ1v) is 7.87. The van der Waals surface area contributed by atoms with Gasteiger partial charge in [-0.2, -0.15) is 0 Å². The quantitative estimate of drug-likeness (QED) is 0.904. The second kappa shape index (κ2) is 7.11. The van der Waals surface area contributed by atoms with Gasteiger partial charge in [0.1, 0.15) is 0 Å². The van der Waals surface area contributed by atoms with Crippen molar-refractivity contribution in [2.75, 3.05) is 27.2 Å². The molecule has 2 aromatic rings. The Balaban J connectivity index is 0.00000208. The van der Waals surface area contributed by atoms with Gasteiger partial charge >= 0.3 is 0 Å². The van der Waals surface area contributed by atoms with Gasteiger partial charge in [0.2, 0.25) is 0 Å². The van der Waals surface area contributed by atoms with Crippen LogP contribution in [0, 0.1) is 0 Å². The number of fused-ring (bicyclic) bond motifs is 1. The van der Waals surface area contributed by atoms with Crippen molar-refractivity contribution < 1.29 is 9.90 Å². The minimum absolute atomic E-state index is 0. The third kappa shape index (κ3) is 3.03. The zero-order valence-corrected chi connectivity index (χ0v) is 15.1. The molecule has 1 amide bonds. The second-order valence-electron chi connectivity index (χ2n) is 5.98. The average Bonchev–Trinajstić information content (AvgIpc) is 2.75. The van der Waals surface area contributed by atoms with Gasteiger partial charge in [-0.15, -0.1) is 12.4 Å². The van der Waals surface area contributed by atoms with Crippen LogP contribution in [-0.2, 0) is 5.72 Å². The van der Waals surface area contributed by atoms with Crippen molar-refractivity contribution in [1.82, 2.24) is 9.80 Å². The molecule has 0 aliphatic carbocycles. The van der Waals surface area contributed by atoms with Gasteiger partial charge in [0.15, 0.2) is 5.72 Å². The monoisotopic (exact) mass is 366 g/mol. The van der Waals surface area contributed by atoms with E-state index in [1.54, 1.807) is 36.4 Å². The number of carbonyl (C=O) groups excluding carboxylic acids is 1. The van der Waals surface area contributed by atoms with Crippen molar-refractivity contribution in [3.8, 4) is 0 Å². The van der Waals surface area contributed by atoms with Gasteiger partial charge in [0, 0.05) is 34.8 Å². The fraction of sp³-hybridized carbons (Fsp3) is 0.278. The zero-order valence-electron chi connectivity index (χ0n) is 13.6. The predicted octanol–water partition coefficient (Wildman–Crippen LogP) is 2.97. The second-order valence-corrected chi connectivity index (χ2v) is 6.42. The summed E-state index contributed by atoms with van der Waals surface area (Å²) in [4.78, 5) is 16.3. The smallest absolute Gasteiger partial charge is 0.257 e. The minimum Gasteiger partial charge on any atom is -0.363 e. The lowest BCUT2D eigenvalue weighted by atomic mass is 9.94. The molecular weight excluding hydrogens is 347 g/mol. The first kappa shape index (κ1) is 18.7. The lowest BCUT2D eigenvalue weighted by Crippen LogP contribution is -2.47. The largest absolute Gasteiger partial charge is 0.363 e. The maximum absolute atomic E-state index is 12.8. The number of amides is 1. The van der Waals surface area contributed by atoms with Crippen LogP contribution >= 0.6 is 24.0 Å². The highest BCUT2D eigenvalue weighted by atomic mass is 35.5. The lowest BCUT2D eigenvalue weighted by Gasteiger charge is -2.35. The number of hydrogen-bond acceptors (Lipinski definition) is 3. The topological polar surface area (TPSA) is 43.8 Å². The van der Waals surface area contributed by atoms with Crippen LogP contribution in [0.2, 0.25) is 5.02 Å². The first-order chi connectivity index (χ1) is 10.9. The Morgan fingerprint density at radius 2 is 1.75 bits per heavy atom. The molecule has 0 fully saturated rings. The molecule has 1 aliphatic rings. The van der Waals surface area contributed by atoms with E-state index in [2.05, 4.69) is 0 Å². The molecule has 1 heterocycles. The molecule has 0 saturated heterocycles. The van der Waals surface area contributed by atoms with E-state index in [1.807, 2.05) is 31.1 Å². The third-order valence-corrected chi connectivity index (χ3v) is 4.44. The van der Waals surface area contributed by atoms with Gasteiger partial charge in [0.05, 0.1) is 0 Å². The van der Waals surface area contributed by atoms with Crippen molar-refractivity contribution in [2.24, 2.45) is 0 Å². The Kier molecular flexibility index (Phi) is 5.56. The Hall–Kier alpha value is -1.59. The molecule has 0 radical (unpaired) electrons. The molecular formula is C18H20Cl2N2O2. The SMILES string of the molecule is CN(C)CCN1C(=O)c2ccccc2C1(O)c1ccc(Cl)cc1.Cl. The Bertz CT molecular complexity index is 734. The molecule has 128 valence electrons. The van der Waals surface area contributed by atoms with Crippen LogP contribution in [0.3, 0.4) is 0 Å². The molecule has 0 spiro atoms.